The van der Waals surface area contributed by atoms with E-state index in [4.69, 9.17) is 4.74 Å². The summed E-state index contributed by atoms with van der Waals surface area (Å²) in [6.07, 6.45) is 2.65. The smallest absolute Gasteiger partial charge is 0.286 e. The van der Waals surface area contributed by atoms with Gasteiger partial charge in [0.1, 0.15) is 5.75 Å². The van der Waals surface area contributed by atoms with Gasteiger partial charge in [0.2, 0.25) is 0 Å². The van der Waals surface area contributed by atoms with Crippen LogP contribution in [0.15, 0.2) is 23.2 Å². The van der Waals surface area contributed by atoms with Gasteiger partial charge >= 0.3 is 0 Å². The van der Waals surface area contributed by atoms with E-state index in [2.05, 4.69) is 10.3 Å². The van der Waals surface area contributed by atoms with E-state index in [0.717, 1.165) is 18.8 Å². The van der Waals surface area contributed by atoms with Gasteiger partial charge in [-0.05, 0) is 30.7 Å². The van der Waals surface area contributed by atoms with Crippen LogP contribution < -0.4 is 15.2 Å². The molecule has 1 fully saturated rings. The fourth-order valence-corrected chi connectivity index (χ4v) is 2.84. The van der Waals surface area contributed by atoms with Crippen LogP contribution in [-0.2, 0) is 0 Å². The molecule has 23 heavy (non-hydrogen) atoms. The molecule has 3 rings (SSSR count). The molecule has 0 amide bonds. The van der Waals surface area contributed by atoms with Gasteiger partial charge in [-0.1, -0.05) is 25.7 Å². The summed E-state index contributed by atoms with van der Waals surface area (Å²) >= 11 is 0. The second kappa shape index (κ2) is 6.43. The van der Waals surface area contributed by atoms with E-state index in [1.807, 2.05) is 0 Å². The van der Waals surface area contributed by atoms with Crippen molar-refractivity contribution in [2.75, 3.05) is 12.4 Å². The number of hydrogen-bond acceptors (Lipinski definition) is 4. The summed E-state index contributed by atoms with van der Waals surface area (Å²) in [6, 6.07) is 4.81. The largest absolute Gasteiger partial charge is 0.832 e. The molecule has 1 aliphatic carbocycles. The Morgan fingerprint density at radius 2 is 2.13 bits per heavy atom. The molecule has 1 aromatic carbocycles. The number of methoxy groups -OCH3 is 1. The van der Waals surface area contributed by atoms with Gasteiger partial charge in [-0.2, -0.15) is 8.78 Å². The zero-order chi connectivity index (χ0) is 16.4. The summed E-state index contributed by atoms with van der Waals surface area (Å²) in [5.74, 6) is -1.87. The number of nitrogens with zero attached hydrogens (tertiary/aromatic N) is 1. The number of anilines is 1. The van der Waals surface area contributed by atoms with Gasteiger partial charge in [-0.15, -0.1) is 0 Å². The Morgan fingerprint density at radius 3 is 2.83 bits per heavy atom. The van der Waals surface area contributed by atoms with Crippen molar-refractivity contribution in [1.82, 2.24) is 0 Å². The van der Waals surface area contributed by atoms with E-state index >= 15 is 0 Å². The minimum atomic E-state index is -3.17. The average molecular weight is 323 g/mol. The van der Waals surface area contributed by atoms with Gasteiger partial charge in [0.15, 0.2) is 0 Å². The number of alkyl halides is 2. The Hall–Kier alpha value is -1.69. The van der Waals surface area contributed by atoms with Crippen LogP contribution in [-0.4, -0.2) is 25.0 Å². The lowest BCUT2D eigenvalue weighted by Crippen LogP contribution is -2.51. The second-order valence-electron chi connectivity index (χ2n) is 6.30. The molecule has 0 spiro atoms. The molecule has 0 aromatic heterocycles. The van der Waals surface area contributed by atoms with Crippen molar-refractivity contribution < 1.29 is 18.6 Å². The molecule has 2 aliphatic rings. The first-order valence-electron chi connectivity index (χ1n) is 8.07. The molecule has 0 bridgehead atoms. The molecule has 1 aromatic rings. The molecule has 6 heteroatoms. The second-order valence-corrected chi connectivity index (χ2v) is 6.30. The van der Waals surface area contributed by atoms with Crippen LogP contribution in [0, 0.1) is 5.92 Å². The van der Waals surface area contributed by atoms with Gasteiger partial charge in [-0.25, -0.2) is 4.99 Å². The highest BCUT2D eigenvalue weighted by Gasteiger charge is 2.38. The van der Waals surface area contributed by atoms with E-state index in [-0.39, 0.29) is 6.42 Å². The maximum absolute atomic E-state index is 14.3. The van der Waals surface area contributed by atoms with Crippen LogP contribution >= 0.6 is 0 Å². The Kier molecular flexibility index (Phi) is 4.53. The molecular formula is C17H21F2N2O2-. The van der Waals surface area contributed by atoms with Gasteiger partial charge in [0.25, 0.3) is 5.92 Å². The molecule has 1 aliphatic heterocycles. The fraction of sp³-hybridized carbons (Fsp3) is 0.588. The summed E-state index contributed by atoms with van der Waals surface area (Å²) in [5, 5.41) is 14.6. The molecule has 4 nitrogen and oxygen atoms in total. The van der Waals surface area contributed by atoms with Crippen LogP contribution in [0.4, 0.5) is 20.2 Å². The number of unbranched alkanes of at least 4 members (excludes halogenated alkanes) is 1. The van der Waals surface area contributed by atoms with Crippen LogP contribution in [0.3, 0.4) is 0 Å². The predicted molar refractivity (Wildman–Crippen MR) is 83.6 cm³/mol. The van der Waals surface area contributed by atoms with Crippen LogP contribution in [0.2, 0.25) is 0 Å². The van der Waals surface area contributed by atoms with Crippen LogP contribution in [0.1, 0.15) is 38.5 Å². The monoisotopic (exact) mass is 323 g/mol. The summed E-state index contributed by atoms with van der Waals surface area (Å²) < 4.78 is 33.7. The van der Waals surface area contributed by atoms with E-state index < -0.39 is 17.9 Å². The molecule has 126 valence electrons. The van der Waals surface area contributed by atoms with Gasteiger partial charge < -0.3 is 15.2 Å². The lowest BCUT2D eigenvalue weighted by Gasteiger charge is -2.35. The van der Waals surface area contributed by atoms with Crippen molar-refractivity contribution in [2.45, 2.75) is 50.7 Å². The minimum Gasteiger partial charge on any atom is -0.832 e. The van der Waals surface area contributed by atoms with Gasteiger partial charge in [0.05, 0.1) is 24.2 Å². The third-order valence-corrected chi connectivity index (χ3v) is 4.40. The summed E-state index contributed by atoms with van der Waals surface area (Å²) in [5.41, 5.74) is 0.171. The van der Waals surface area contributed by atoms with Crippen molar-refractivity contribution in [3.8, 4) is 5.75 Å². The average Bonchev–Trinajstić information content (AvgIpc) is 3.34. The number of rotatable bonds is 7. The highest BCUT2D eigenvalue weighted by molar-refractivity contribution is 6.01. The maximum atomic E-state index is 14.3. The Balaban J connectivity index is 1.69. The molecule has 0 saturated heterocycles. The SMILES string of the molecule is COc1ccc2c(c1)NC([O-])C(C(F)(F)CCCCC1CC1)=N2. The first-order chi connectivity index (χ1) is 11.0. The summed E-state index contributed by atoms with van der Waals surface area (Å²) in [4.78, 5) is 3.94. The number of ether oxygens (including phenoxy) is 1. The van der Waals surface area contributed by atoms with Crippen molar-refractivity contribution >= 4 is 17.1 Å². The lowest BCUT2D eigenvalue weighted by atomic mass is 10.0. The number of fused-ring (bicyclic) bond motifs is 1. The molecule has 1 N–H and O–H groups in total. The normalized spacial score (nSPS) is 20.5. The van der Waals surface area contributed by atoms with Crippen LogP contribution in [0.5, 0.6) is 5.75 Å². The molecule has 0 radical (unpaired) electrons. The zero-order valence-corrected chi connectivity index (χ0v) is 13.1. The molecule has 1 saturated carbocycles. The van der Waals surface area contributed by atoms with E-state index in [0.29, 0.717) is 23.5 Å². The molecule has 1 heterocycles. The van der Waals surface area contributed by atoms with E-state index in [1.54, 1.807) is 18.2 Å². The topological polar surface area (TPSA) is 56.7 Å². The van der Waals surface area contributed by atoms with Crippen molar-refractivity contribution in [3.63, 3.8) is 0 Å². The molecule has 1 unspecified atom stereocenters. The minimum absolute atomic E-state index is 0.315. The third-order valence-electron chi connectivity index (χ3n) is 4.40. The predicted octanol–water partition coefficient (Wildman–Crippen LogP) is 3.49. The van der Waals surface area contributed by atoms with Crippen molar-refractivity contribution in [3.05, 3.63) is 18.2 Å². The maximum Gasteiger partial charge on any atom is 0.286 e. The Labute approximate surface area is 134 Å². The quantitative estimate of drug-likeness (QED) is 0.782. The number of benzene rings is 1. The van der Waals surface area contributed by atoms with Gasteiger partial charge in [-0.3, -0.25) is 0 Å². The highest BCUT2D eigenvalue weighted by Crippen LogP contribution is 2.38. The Bertz CT molecular complexity index is 600. The highest BCUT2D eigenvalue weighted by atomic mass is 19.3. The zero-order valence-electron chi connectivity index (χ0n) is 13.1. The Morgan fingerprint density at radius 1 is 1.35 bits per heavy atom. The van der Waals surface area contributed by atoms with Crippen LogP contribution in [0.25, 0.3) is 0 Å². The standard InChI is InChI=1S/C17H21F2N2O2/c1-23-12-7-8-13-14(10-12)21-16(22)15(20-13)17(18,19)9-3-2-4-11-5-6-11/h7-8,10-11,16,21H,2-6,9H2,1H3/q-1. The lowest BCUT2D eigenvalue weighted by molar-refractivity contribution is -0.388. The number of hydrogen-bond donors (Lipinski definition) is 1. The molecular weight excluding hydrogens is 302 g/mol. The number of nitrogens with one attached hydrogen (secondary N) is 1. The van der Waals surface area contributed by atoms with Gasteiger partial charge in [0, 0.05) is 12.5 Å². The first-order valence-corrected chi connectivity index (χ1v) is 8.07. The fourth-order valence-electron chi connectivity index (χ4n) is 2.84. The number of halogens is 2. The third kappa shape index (κ3) is 3.80. The molecule has 1 atom stereocenters. The summed E-state index contributed by atoms with van der Waals surface area (Å²) in [6.45, 7) is 0. The number of aliphatic imine (C=N–C) groups is 1. The van der Waals surface area contributed by atoms with E-state index in [9.17, 15) is 13.9 Å². The van der Waals surface area contributed by atoms with Crippen molar-refractivity contribution in [1.29, 1.82) is 0 Å². The first kappa shape index (κ1) is 16.2. The van der Waals surface area contributed by atoms with Crippen molar-refractivity contribution in [2.24, 2.45) is 10.9 Å². The summed E-state index contributed by atoms with van der Waals surface area (Å²) in [7, 11) is 1.50. The van der Waals surface area contributed by atoms with E-state index in [1.165, 1.54) is 20.0 Å².